The highest BCUT2D eigenvalue weighted by Gasteiger charge is 2.08. The first kappa shape index (κ1) is 8.68. The van der Waals surface area contributed by atoms with Crippen molar-refractivity contribution in [2.75, 3.05) is 6.54 Å². The van der Waals surface area contributed by atoms with Gasteiger partial charge < -0.3 is 10.8 Å². The molecule has 0 amide bonds. The molecule has 0 aliphatic rings. The molecular formula is C4H9ClN2O2. The van der Waals surface area contributed by atoms with Crippen molar-refractivity contribution in [1.29, 1.82) is 0 Å². The van der Waals surface area contributed by atoms with Gasteiger partial charge in [0.25, 0.3) is 0 Å². The fourth-order valence-corrected chi connectivity index (χ4v) is 0.443. The Balaban J connectivity index is 3.27. The second-order valence-corrected chi connectivity index (χ2v) is 1.88. The summed E-state index contributed by atoms with van der Waals surface area (Å²) in [6.07, 6.45) is 0.346. The SMILES string of the molecule is N[C@@H](CCNCl)C(=O)O. The lowest BCUT2D eigenvalue weighted by Gasteiger charge is -2.02. The summed E-state index contributed by atoms with van der Waals surface area (Å²) in [5, 5.41) is 8.21. The smallest absolute Gasteiger partial charge is 0.320 e. The fraction of sp³-hybridized carbons (Fsp3) is 0.750. The van der Waals surface area contributed by atoms with Gasteiger partial charge in [-0.1, -0.05) is 0 Å². The molecular weight excluding hydrogens is 144 g/mol. The lowest BCUT2D eigenvalue weighted by molar-refractivity contribution is -0.138. The maximum atomic E-state index is 10.0. The Labute approximate surface area is 58.1 Å². The van der Waals surface area contributed by atoms with Gasteiger partial charge in [-0.3, -0.25) is 4.79 Å². The number of nitrogens with one attached hydrogen (secondary N) is 1. The Bertz CT molecular complexity index is 98.6. The lowest BCUT2D eigenvalue weighted by Crippen LogP contribution is -2.32. The van der Waals surface area contributed by atoms with Crippen molar-refractivity contribution >= 4 is 17.7 Å². The molecule has 0 bridgehead atoms. The molecule has 4 N–H and O–H groups in total. The monoisotopic (exact) mass is 152 g/mol. The van der Waals surface area contributed by atoms with Gasteiger partial charge in [0, 0.05) is 6.54 Å². The summed E-state index contributed by atoms with van der Waals surface area (Å²) in [4.78, 5) is 12.3. The summed E-state index contributed by atoms with van der Waals surface area (Å²) in [6, 6.07) is -0.809. The first-order chi connectivity index (χ1) is 4.18. The maximum absolute atomic E-state index is 10.0. The predicted molar refractivity (Wildman–Crippen MR) is 34.1 cm³/mol. The first-order valence-corrected chi connectivity index (χ1v) is 2.88. The van der Waals surface area contributed by atoms with Crippen molar-refractivity contribution in [1.82, 2.24) is 4.84 Å². The summed E-state index contributed by atoms with van der Waals surface area (Å²) in [5.74, 6) is -0.998. The van der Waals surface area contributed by atoms with Crippen LogP contribution in [0.3, 0.4) is 0 Å². The molecule has 0 spiro atoms. The molecule has 0 aliphatic carbocycles. The van der Waals surface area contributed by atoms with Crippen LogP contribution in [0, 0.1) is 0 Å². The minimum Gasteiger partial charge on any atom is -0.480 e. The van der Waals surface area contributed by atoms with Crippen LogP contribution < -0.4 is 10.6 Å². The second kappa shape index (κ2) is 4.55. The molecule has 0 aliphatic heterocycles. The first-order valence-electron chi connectivity index (χ1n) is 2.50. The Kier molecular flexibility index (Phi) is 4.39. The Morgan fingerprint density at radius 2 is 2.44 bits per heavy atom. The quantitative estimate of drug-likeness (QED) is 0.477. The van der Waals surface area contributed by atoms with E-state index in [0.717, 1.165) is 0 Å². The minimum absolute atomic E-state index is 0.346. The third-order valence-corrected chi connectivity index (χ3v) is 1.06. The van der Waals surface area contributed by atoms with E-state index in [9.17, 15) is 4.79 Å². The number of carboxylic acids is 1. The topological polar surface area (TPSA) is 75.3 Å². The summed E-state index contributed by atoms with van der Waals surface area (Å²) in [6.45, 7) is 0.412. The molecule has 0 saturated carbocycles. The van der Waals surface area contributed by atoms with Crippen LogP contribution in [0.5, 0.6) is 0 Å². The van der Waals surface area contributed by atoms with E-state index >= 15 is 0 Å². The van der Waals surface area contributed by atoms with Gasteiger partial charge in [-0.25, -0.2) is 4.84 Å². The number of hydrogen-bond acceptors (Lipinski definition) is 3. The van der Waals surface area contributed by atoms with Crippen LogP contribution in [0.15, 0.2) is 0 Å². The summed E-state index contributed by atoms with van der Waals surface area (Å²) in [7, 11) is 0. The van der Waals surface area contributed by atoms with Crippen molar-refractivity contribution in [2.45, 2.75) is 12.5 Å². The summed E-state index contributed by atoms with van der Waals surface area (Å²) >= 11 is 5.05. The molecule has 0 heterocycles. The number of rotatable bonds is 4. The van der Waals surface area contributed by atoms with Gasteiger partial charge in [-0.05, 0) is 18.2 Å². The standard InChI is InChI=1S/C4H9ClN2O2/c5-7-2-1-3(6)4(8)9/h3,7H,1-2,6H2,(H,8,9)/t3-/m0/s1. The molecule has 5 heteroatoms. The van der Waals surface area contributed by atoms with E-state index in [2.05, 4.69) is 4.84 Å². The molecule has 9 heavy (non-hydrogen) atoms. The Morgan fingerprint density at radius 1 is 1.89 bits per heavy atom. The zero-order valence-corrected chi connectivity index (χ0v) is 5.56. The zero-order chi connectivity index (χ0) is 7.28. The molecule has 4 nitrogen and oxygen atoms in total. The van der Waals surface area contributed by atoms with Crippen molar-refractivity contribution < 1.29 is 9.90 Å². The van der Waals surface area contributed by atoms with Crippen molar-refractivity contribution in [3.8, 4) is 0 Å². The van der Waals surface area contributed by atoms with Gasteiger partial charge >= 0.3 is 5.97 Å². The summed E-state index contributed by atoms with van der Waals surface area (Å²) < 4.78 is 0. The van der Waals surface area contributed by atoms with Crippen LogP contribution in [0.4, 0.5) is 0 Å². The van der Waals surface area contributed by atoms with E-state index in [-0.39, 0.29) is 0 Å². The van der Waals surface area contributed by atoms with Crippen LogP contribution in [-0.2, 0) is 4.79 Å². The van der Waals surface area contributed by atoms with E-state index in [4.69, 9.17) is 22.6 Å². The van der Waals surface area contributed by atoms with Gasteiger partial charge in [0.1, 0.15) is 6.04 Å². The highest BCUT2D eigenvalue weighted by atomic mass is 35.5. The minimum atomic E-state index is -0.998. The van der Waals surface area contributed by atoms with E-state index in [0.29, 0.717) is 13.0 Å². The lowest BCUT2D eigenvalue weighted by atomic mass is 10.2. The van der Waals surface area contributed by atoms with Crippen LogP contribution >= 0.6 is 11.8 Å². The Hall–Kier alpha value is -0.320. The molecule has 0 aromatic heterocycles. The zero-order valence-electron chi connectivity index (χ0n) is 4.80. The number of halogens is 1. The maximum Gasteiger partial charge on any atom is 0.320 e. The second-order valence-electron chi connectivity index (χ2n) is 1.62. The van der Waals surface area contributed by atoms with Crippen molar-refractivity contribution in [2.24, 2.45) is 5.73 Å². The van der Waals surface area contributed by atoms with Crippen molar-refractivity contribution in [3.05, 3.63) is 0 Å². The highest BCUT2D eigenvalue weighted by Crippen LogP contribution is 1.85. The number of carboxylic acid groups (broad SMARTS) is 1. The number of hydrogen-bond donors (Lipinski definition) is 3. The average molecular weight is 153 g/mol. The summed E-state index contributed by atoms with van der Waals surface area (Å²) in [5.41, 5.74) is 5.10. The van der Waals surface area contributed by atoms with Crippen LogP contribution in [0.25, 0.3) is 0 Å². The van der Waals surface area contributed by atoms with Crippen LogP contribution in [-0.4, -0.2) is 23.7 Å². The van der Waals surface area contributed by atoms with Gasteiger partial charge in [-0.15, -0.1) is 0 Å². The van der Waals surface area contributed by atoms with Gasteiger partial charge in [0.2, 0.25) is 0 Å². The number of nitrogens with two attached hydrogens (primary N) is 1. The molecule has 0 aromatic rings. The largest absolute Gasteiger partial charge is 0.480 e. The van der Waals surface area contributed by atoms with E-state index in [1.807, 2.05) is 0 Å². The predicted octanol–water partition coefficient (Wildman–Crippen LogP) is -0.468. The van der Waals surface area contributed by atoms with Crippen molar-refractivity contribution in [3.63, 3.8) is 0 Å². The number of aliphatic carboxylic acids is 1. The van der Waals surface area contributed by atoms with Crippen LogP contribution in [0.1, 0.15) is 6.42 Å². The molecule has 0 fully saturated rings. The Morgan fingerprint density at radius 3 is 2.78 bits per heavy atom. The molecule has 0 saturated heterocycles. The third-order valence-electron chi connectivity index (χ3n) is 0.867. The number of carbonyl (C=O) groups is 1. The van der Waals surface area contributed by atoms with Crippen LogP contribution in [0.2, 0.25) is 0 Å². The van der Waals surface area contributed by atoms with Gasteiger partial charge in [0.15, 0.2) is 0 Å². The van der Waals surface area contributed by atoms with E-state index in [1.165, 1.54) is 0 Å². The van der Waals surface area contributed by atoms with E-state index in [1.54, 1.807) is 0 Å². The van der Waals surface area contributed by atoms with Gasteiger partial charge in [-0.2, -0.15) is 0 Å². The van der Waals surface area contributed by atoms with Gasteiger partial charge in [0.05, 0.1) is 0 Å². The fourth-order valence-electron chi connectivity index (χ4n) is 0.334. The highest BCUT2D eigenvalue weighted by molar-refractivity contribution is 6.13. The molecule has 0 radical (unpaired) electrons. The molecule has 1 atom stereocenters. The molecule has 54 valence electrons. The molecule has 0 aromatic carbocycles. The molecule has 0 unspecified atom stereocenters. The average Bonchev–Trinajstić information content (AvgIpc) is 1.82. The van der Waals surface area contributed by atoms with E-state index < -0.39 is 12.0 Å². The third kappa shape index (κ3) is 4.20. The molecule has 0 rings (SSSR count). The normalized spacial score (nSPS) is 13.1.